The van der Waals surface area contributed by atoms with Gasteiger partial charge in [0, 0.05) is 0 Å². The van der Waals surface area contributed by atoms with Crippen molar-refractivity contribution in [1.82, 2.24) is 5.32 Å². The topological polar surface area (TPSA) is 66.4 Å². The van der Waals surface area contributed by atoms with Gasteiger partial charge in [0.05, 0.1) is 0 Å². The van der Waals surface area contributed by atoms with E-state index in [1.165, 1.54) is 0 Å². The second kappa shape index (κ2) is 1.75. The average Bonchev–Trinajstić information content (AvgIpc) is 1.85. The smallest absolute Gasteiger partial charge is 0.288 e. The molecule has 0 bridgehead atoms. The summed E-state index contributed by atoms with van der Waals surface area (Å²) in [6.45, 7) is 0. The number of aliphatic hydroxyl groups is 1. The molecule has 8 heavy (non-hydrogen) atoms. The number of carbonyl (C=O) groups is 2. The molecule has 44 valence electrons. The van der Waals surface area contributed by atoms with Gasteiger partial charge >= 0.3 is 0 Å². The summed E-state index contributed by atoms with van der Waals surface area (Å²) in [6, 6.07) is 0. The maximum absolute atomic E-state index is 10.2. The molecule has 2 N–H and O–H groups in total. The van der Waals surface area contributed by atoms with Crippen molar-refractivity contribution in [2.75, 3.05) is 0 Å². The summed E-state index contributed by atoms with van der Waals surface area (Å²) >= 11 is 0.584. The van der Waals surface area contributed by atoms with Gasteiger partial charge in [0.2, 0.25) is 0 Å². The quantitative estimate of drug-likeness (QED) is 0.458. The minimum absolute atomic E-state index is 0.484. The van der Waals surface area contributed by atoms with Crippen molar-refractivity contribution in [3.8, 4) is 0 Å². The predicted octanol–water partition coefficient (Wildman–Crippen LogP) is -0.712. The predicted molar refractivity (Wildman–Crippen MR) is 27.1 cm³/mol. The summed E-state index contributed by atoms with van der Waals surface area (Å²) in [5.41, 5.74) is -1.19. The van der Waals surface area contributed by atoms with Gasteiger partial charge in [-0.2, -0.15) is 0 Å². The first-order chi connectivity index (χ1) is 3.70. The van der Waals surface area contributed by atoms with Crippen LogP contribution < -0.4 is 5.32 Å². The van der Waals surface area contributed by atoms with Gasteiger partial charge in [-0.25, -0.2) is 0 Å². The second-order valence-electron chi connectivity index (χ2n) is 1.25. The second-order valence-corrected chi connectivity index (χ2v) is 2.30. The monoisotopic (exact) mass is 133 g/mol. The number of rotatable bonds is 0. The lowest BCUT2D eigenvalue weighted by atomic mass is 10.7. The van der Waals surface area contributed by atoms with E-state index in [1.807, 2.05) is 5.32 Å². The van der Waals surface area contributed by atoms with Crippen LogP contribution in [0.25, 0.3) is 0 Å². The molecule has 1 aliphatic heterocycles. The summed E-state index contributed by atoms with van der Waals surface area (Å²) in [5, 5.41) is 9.92. The average molecular weight is 133 g/mol. The molecule has 5 heteroatoms. The van der Waals surface area contributed by atoms with Crippen molar-refractivity contribution in [2.24, 2.45) is 0 Å². The molecule has 1 aliphatic rings. The largest absolute Gasteiger partial charge is 0.373 e. The van der Waals surface area contributed by atoms with Crippen LogP contribution in [0.3, 0.4) is 0 Å². The van der Waals surface area contributed by atoms with Crippen LogP contribution in [0.4, 0.5) is 4.79 Å². The zero-order valence-electron chi connectivity index (χ0n) is 3.75. The molecular formula is C3H3NO3S. The molecular weight excluding hydrogens is 130 g/mol. The van der Waals surface area contributed by atoms with E-state index in [9.17, 15) is 9.59 Å². The Labute approximate surface area is 49.3 Å². The zero-order chi connectivity index (χ0) is 6.15. The highest BCUT2D eigenvalue weighted by atomic mass is 32.2. The summed E-state index contributed by atoms with van der Waals surface area (Å²) < 4.78 is 0. The lowest BCUT2D eigenvalue weighted by Crippen LogP contribution is -2.23. The Kier molecular flexibility index (Phi) is 1.22. The highest BCUT2D eigenvalue weighted by Crippen LogP contribution is 2.14. The Morgan fingerprint density at radius 2 is 2.25 bits per heavy atom. The third-order valence-electron chi connectivity index (χ3n) is 0.668. The van der Waals surface area contributed by atoms with Crippen molar-refractivity contribution in [2.45, 2.75) is 5.44 Å². The van der Waals surface area contributed by atoms with E-state index in [4.69, 9.17) is 5.11 Å². The van der Waals surface area contributed by atoms with E-state index in [0.717, 1.165) is 0 Å². The fraction of sp³-hybridized carbons (Fsp3) is 0.333. The number of hydrogen-bond donors (Lipinski definition) is 2. The number of hydrogen-bond acceptors (Lipinski definition) is 4. The number of thioether (sulfide) groups is 1. The van der Waals surface area contributed by atoms with E-state index >= 15 is 0 Å². The summed E-state index contributed by atoms with van der Waals surface area (Å²) in [7, 11) is 0. The number of carbonyl (C=O) groups excluding carboxylic acids is 2. The molecule has 0 radical (unpaired) electrons. The summed E-state index contributed by atoms with van der Waals surface area (Å²) in [5.74, 6) is -0.625. The number of aliphatic hydroxyl groups excluding tert-OH is 1. The number of imide groups is 1. The molecule has 0 aromatic carbocycles. The van der Waals surface area contributed by atoms with E-state index in [2.05, 4.69) is 0 Å². The molecule has 0 saturated carbocycles. The van der Waals surface area contributed by atoms with E-state index < -0.39 is 16.6 Å². The van der Waals surface area contributed by atoms with Gasteiger partial charge in [-0.05, 0) is 11.8 Å². The third-order valence-corrected chi connectivity index (χ3v) is 1.42. The molecule has 0 aromatic heterocycles. The minimum Gasteiger partial charge on any atom is -0.373 e. The molecule has 4 nitrogen and oxygen atoms in total. The first-order valence-electron chi connectivity index (χ1n) is 1.89. The summed E-state index contributed by atoms with van der Waals surface area (Å²) in [4.78, 5) is 20.3. The molecule has 1 atom stereocenters. The molecule has 1 fully saturated rings. The maximum atomic E-state index is 10.2. The van der Waals surface area contributed by atoms with E-state index in [1.54, 1.807) is 0 Å². The SMILES string of the molecule is O=C1NC(=O)[C@H](O)S1. The molecule has 0 aliphatic carbocycles. The number of amides is 2. The van der Waals surface area contributed by atoms with Crippen LogP contribution in [0.2, 0.25) is 0 Å². The van der Waals surface area contributed by atoms with Crippen LogP contribution in [0.5, 0.6) is 0 Å². The van der Waals surface area contributed by atoms with Crippen molar-refractivity contribution in [1.29, 1.82) is 0 Å². The first-order valence-corrected chi connectivity index (χ1v) is 2.77. The number of nitrogens with one attached hydrogen (secondary N) is 1. The van der Waals surface area contributed by atoms with Gasteiger partial charge in [-0.1, -0.05) is 0 Å². The van der Waals surface area contributed by atoms with Crippen molar-refractivity contribution < 1.29 is 14.7 Å². The van der Waals surface area contributed by atoms with Crippen LogP contribution >= 0.6 is 11.8 Å². The van der Waals surface area contributed by atoms with Crippen LogP contribution in [-0.4, -0.2) is 21.7 Å². The minimum atomic E-state index is -1.19. The molecule has 0 unspecified atom stereocenters. The van der Waals surface area contributed by atoms with Crippen molar-refractivity contribution in [3.05, 3.63) is 0 Å². The molecule has 0 aromatic rings. The Hall–Kier alpha value is -0.550. The Morgan fingerprint density at radius 1 is 1.62 bits per heavy atom. The first kappa shape index (κ1) is 5.58. The molecule has 0 spiro atoms. The molecule has 2 amide bonds. The van der Waals surface area contributed by atoms with Gasteiger partial charge < -0.3 is 5.11 Å². The van der Waals surface area contributed by atoms with Gasteiger partial charge in [-0.3, -0.25) is 14.9 Å². The normalized spacial score (nSPS) is 28.4. The molecule has 1 saturated heterocycles. The van der Waals surface area contributed by atoms with Gasteiger partial charge in [-0.15, -0.1) is 0 Å². The highest BCUT2D eigenvalue weighted by molar-refractivity contribution is 8.15. The standard InChI is InChI=1S/C3H3NO3S/c5-1-2(6)8-3(7)4-1/h2,6H,(H,4,5,7)/t2-/m1/s1. The van der Waals surface area contributed by atoms with Crippen molar-refractivity contribution in [3.63, 3.8) is 0 Å². The van der Waals surface area contributed by atoms with Crippen LogP contribution in [0, 0.1) is 0 Å². The Bertz CT molecular complexity index is 145. The van der Waals surface area contributed by atoms with Gasteiger partial charge in [0.15, 0.2) is 5.44 Å². The van der Waals surface area contributed by atoms with Crippen molar-refractivity contribution >= 4 is 22.9 Å². The maximum Gasteiger partial charge on any atom is 0.288 e. The Balaban J connectivity index is 2.64. The van der Waals surface area contributed by atoms with Crippen LogP contribution in [-0.2, 0) is 4.79 Å². The van der Waals surface area contributed by atoms with E-state index in [0.29, 0.717) is 11.8 Å². The van der Waals surface area contributed by atoms with Crippen LogP contribution in [0.1, 0.15) is 0 Å². The third kappa shape index (κ3) is 0.823. The van der Waals surface area contributed by atoms with Crippen LogP contribution in [0.15, 0.2) is 0 Å². The lowest BCUT2D eigenvalue weighted by Gasteiger charge is -1.87. The molecule has 1 rings (SSSR count). The van der Waals surface area contributed by atoms with Gasteiger partial charge in [0.1, 0.15) is 0 Å². The van der Waals surface area contributed by atoms with Gasteiger partial charge in [0.25, 0.3) is 11.1 Å². The fourth-order valence-corrected chi connectivity index (χ4v) is 0.875. The van der Waals surface area contributed by atoms with E-state index in [-0.39, 0.29) is 0 Å². The fourth-order valence-electron chi connectivity index (χ4n) is 0.347. The highest BCUT2D eigenvalue weighted by Gasteiger charge is 2.28. The Morgan fingerprint density at radius 3 is 2.38 bits per heavy atom. The summed E-state index contributed by atoms with van der Waals surface area (Å²) in [6.07, 6.45) is 0. The zero-order valence-corrected chi connectivity index (χ0v) is 4.57. The lowest BCUT2D eigenvalue weighted by molar-refractivity contribution is -0.123. The molecule has 1 heterocycles.